The van der Waals surface area contributed by atoms with Crippen molar-refractivity contribution in [2.45, 2.75) is 26.7 Å². The summed E-state index contributed by atoms with van der Waals surface area (Å²) in [5, 5.41) is 1.86. The molecule has 2 atom stereocenters. The van der Waals surface area contributed by atoms with E-state index < -0.39 is 7.14 Å². The number of rotatable bonds is 4. The average Bonchev–Trinajstić information content (AvgIpc) is 2.64. The minimum atomic E-state index is -2.67. The summed E-state index contributed by atoms with van der Waals surface area (Å²) in [4.78, 5) is 0. The highest BCUT2D eigenvalue weighted by Crippen LogP contribution is 2.45. The van der Waals surface area contributed by atoms with Gasteiger partial charge in [-0.15, -0.1) is 0 Å². The molecular formula is C23H27OP. The summed E-state index contributed by atoms with van der Waals surface area (Å²) >= 11 is 0. The Bertz CT molecular complexity index is 761. The Kier molecular flexibility index (Phi) is 5.45. The third-order valence-corrected chi connectivity index (χ3v) is 8.23. The van der Waals surface area contributed by atoms with Gasteiger partial charge < -0.3 is 4.57 Å². The average molecular weight is 350 g/mol. The van der Waals surface area contributed by atoms with Crippen LogP contribution < -0.4 is 10.6 Å². The molecule has 1 aliphatic carbocycles. The molecule has 25 heavy (non-hydrogen) atoms. The first kappa shape index (κ1) is 18.0. The summed E-state index contributed by atoms with van der Waals surface area (Å²) < 4.78 is 14.1. The van der Waals surface area contributed by atoms with Gasteiger partial charge >= 0.3 is 0 Å². The van der Waals surface area contributed by atoms with Gasteiger partial charge in [0.05, 0.1) is 0 Å². The van der Waals surface area contributed by atoms with Crippen LogP contribution >= 0.6 is 7.14 Å². The molecule has 0 N–H and O–H groups in total. The van der Waals surface area contributed by atoms with Crippen molar-refractivity contribution in [1.29, 1.82) is 0 Å². The second-order valence-corrected chi connectivity index (χ2v) is 10.2. The normalized spacial score (nSPS) is 23.0. The van der Waals surface area contributed by atoms with E-state index in [0.29, 0.717) is 18.0 Å². The molecule has 1 nitrogen and oxygen atoms in total. The lowest BCUT2D eigenvalue weighted by atomic mass is 9.77. The number of benzene rings is 2. The highest BCUT2D eigenvalue weighted by Gasteiger charge is 2.28. The molecule has 2 heteroatoms. The lowest BCUT2D eigenvalue weighted by Gasteiger charge is -2.29. The molecular weight excluding hydrogens is 323 g/mol. The fourth-order valence-corrected chi connectivity index (χ4v) is 6.31. The van der Waals surface area contributed by atoms with Gasteiger partial charge in [-0.25, -0.2) is 0 Å². The van der Waals surface area contributed by atoms with E-state index in [-0.39, 0.29) is 0 Å². The molecule has 130 valence electrons. The van der Waals surface area contributed by atoms with E-state index in [1.165, 1.54) is 17.6 Å². The molecule has 0 spiro atoms. The van der Waals surface area contributed by atoms with Gasteiger partial charge in [0.2, 0.25) is 0 Å². The van der Waals surface area contributed by atoms with E-state index in [1.807, 2.05) is 60.7 Å². The van der Waals surface area contributed by atoms with E-state index in [0.717, 1.165) is 17.0 Å². The molecule has 0 heterocycles. The molecule has 0 unspecified atom stereocenters. The predicted octanol–water partition coefficient (Wildman–Crippen LogP) is 5.55. The van der Waals surface area contributed by atoms with Gasteiger partial charge in [-0.1, -0.05) is 87.2 Å². The Hall–Kier alpha value is -1.85. The van der Waals surface area contributed by atoms with Crippen LogP contribution in [0.2, 0.25) is 0 Å². The maximum Gasteiger partial charge on any atom is 0.146 e. The fourth-order valence-electron chi connectivity index (χ4n) is 3.80. The topological polar surface area (TPSA) is 17.1 Å². The van der Waals surface area contributed by atoms with Crippen LogP contribution in [0.4, 0.5) is 0 Å². The molecule has 0 bridgehead atoms. The Morgan fingerprint density at radius 1 is 1.00 bits per heavy atom. The van der Waals surface area contributed by atoms with Gasteiger partial charge in [-0.2, -0.15) is 0 Å². The highest BCUT2D eigenvalue weighted by molar-refractivity contribution is 7.78. The van der Waals surface area contributed by atoms with E-state index in [2.05, 4.69) is 26.5 Å². The smallest absolute Gasteiger partial charge is 0.146 e. The monoisotopic (exact) mass is 350 g/mol. The minimum absolute atomic E-state index is 0.517. The van der Waals surface area contributed by atoms with Gasteiger partial charge in [0.25, 0.3) is 0 Å². The summed E-state index contributed by atoms with van der Waals surface area (Å²) in [6, 6.07) is 19.8. The largest absolute Gasteiger partial charge is 0.313 e. The van der Waals surface area contributed by atoms with Gasteiger partial charge in [0.1, 0.15) is 7.14 Å². The Labute approximate surface area is 151 Å². The van der Waals surface area contributed by atoms with Crippen LogP contribution in [0.15, 0.2) is 84.5 Å². The summed E-state index contributed by atoms with van der Waals surface area (Å²) in [6.45, 7) is 8.85. The van der Waals surface area contributed by atoms with Crippen molar-refractivity contribution in [2.75, 3.05) is 6.16 Å². The SMILES string of the molecule is C=C1/C(=C\CP(=O)(c2ccccc2)c2ccccc2)C[C@H](C)C[C@@H]1C. The van der Waals surface area contributed by atoms with Crippen molar-refractivity contribution in [3.8, 4) is 0 Å². The van der Waals surface area contributed by atoms with Crippen molar-refractivity contribution in [3.63, 3.8) is 0 Å². The Balaban J connectivity index is 1.98. The molecule has 0 radical (unpaired) electrons. The van der Waals surface area contributed by atoms with Crippen LogP contribution in [0, 0.1) is 11.8 Å². The standard InChI is InChI=1S/C23H27OP/c1-18-16-19(2)20(3)21(17-18)14-15-25(24,22-10-6-4-7-11-22)23-12-8-5-9-13-23/h4-14,18-19H,3,15-17H2,1-2H3/b21-14-/t18-,19+/m1/s1. The molecule has 1 fully saturated rings. The molecule has 2 aromatic rings. The lowest BCUT2D eigenvalue weighted by Crippen LogP contribution is -2.19. The summed E-state index contributed by atoms with van der Waals surface area (Å²) in [6.07, 6.45) is 5.02. The molecule has 3 rings (SSSR count). The third kappa shape index (κ3) is 3.88. The third-order valence-electron chi connectivity index (χ3n) is 5.27. The first-order valence-corrected chi connectivity index (χ1v) is 11.0. The van der Waals surface area contributed by atoms with Crippen molar-refractivity contribution in [3.05, 3.63) is 84.5 Å². The molecule has 0 saturated heterocycles. The predicted molar refractivity (Wildman–Crippen MR) is 109 cm³/mol. The van der Waals surface area contributed by atoms with Gasteiger partial charge in [-0.3, -0.25) is 0 Å². The quantitative estimate of drug-likeness (QED) is 0.661. The summed E-state index contributed by atoms with van der Waals surface area (Å²) in [5.41, 5.74) is 2.53. The first-order valence-electron chi connectivity index (χ1n) is 9.09. The van der Waals surface area contributed by atoms with E-state index in [4.69, 9.17) is 0 Å². The number of allylic oxidation sites excluding steroid dienone is 3. The second-order valence-electron chi connectivity index (χ2n) is 7.29. The zero-order valence-corrected chi connectivity index (χ0v) is 16.1. The molecule has 0 aromatic heterocycles. The van der Waals surface area contributed by atoms with E-state index >= 15 is 0 Å². The van der Waals surface area contributed by atoms with Crippen molar-refractivity contribution in [2.24, 2.45) is 11.8 Å². The molecule has 0 amide bonds. The van der Waals surface area contributed by atoms with Crippen molar-refractivity contribution >= 4 is 17.8 Å². The summed E-state index contributed by atoms with van der Waals surface area (Å²) in [5.74, 6) is 1.18. The molecule has 1 aliphatic rings. The minimum Gasteiger partial charge on any atom is -0.313 e. The molecule has 2 aromatic carbocycles. The number of hydrogen-bond donors (Lipinski definition) is 0. The van der Waals surface area contributed by atoms with Crippen LogP contribution in [-0.2, 0) is 4.57 Å². The van der Waals surface area contributed by atoms with Crippen molar-refractivity contribution < 1.29 is 4.57 Å². The maximum atomic E-state index is 14.1. The lowest BCUT2D eigenvalue weighted by molar-refractivity contribution is 0.417. The Morgan fingerprint density at radius 3 is 2.04 bits per heavy atom. The van der Waals surface area contributed by atoms with Crippen LogP contribution in [0.5, 0.6) is 0 Å². The first-order chi connectivity index (χ1) is 12.0. The van der Waals surface area contributed by atoms with Crippen LogP contribution in [-0.4, -0.2) is 6.16 Å². The van der Waals surface area contributed by atoms with E-state index in [9.17, 15) is 4.57 Å². The van der Waals surface area contributed by atoms with Crippen LogP contribution in [0.25, 0.3) is 0 Å². The molecule has 0 aliphatic heterocycles. The van der Waals surface area contributed by atoms with Gasteiger partial charge in [0.15, 0.2) is 0 Å². The maximum absolute atomic E-state index is 14.1. The van der Waals surface area contributed by atoms with Gasteiger partial charge in [-0.05, 0) is 35.8 Å². The molecule has 1 saturated carbocycles. The zero-order chi connectivity index (χ0) is 17.9. The van der Waals surface area contributed by atoms with E-state index in [1.54, 1.807) is 0 Å². The number of hydrogen-bond acceptors (Lipinski definition) is 1. The van der Waals surface area contributed by atoms with Crippen molar-refractivity contribution in [1.82, 2.24) is 0 Å². The zero-order valence-electron chi connectivity index (χ0n) is 15.2. The van der Waals surface area contributed by atoms with Crippen LogP contribution in [0.1, 0.15) is 26.7 Å². The summed E-state index contributed by atoms with van der Waals surface area (Å²) in [7, 11) is -2.67. The van der Waals surface area contributed by atoms with Crippen LogP contribution in [0.3, 0.4) is 0 Å². The highest BCUT2D eigenvalue weighted by atomic mass is 31.2. The fraction of sp³-hybridized carbons (Fsp3) is 0.304. The Morgan fingerprint density at radius 2 is 1.52 bits per heavy atom. The van der Waals surface area contributed by atoms with Gasteiger partial charge in [0, 0.05) is 16.8 Å². The second kappa shape index (κ2) is 7.58.